The molecule has 3 aromatic rings. The summed E-state index contributed by atoms with van der Waals surface area (Å²) in [5.41, 5.74) is 1.33. The van der Waals surface area contributed by atoms with Crippen LogP contribution in [0.5, 0.6) is 5.75 Å². The molecular weight excluding hydrogens is 571 g/mol. The zero-order valence-electron chi connectivity index (χ0n) is 24.9. The molecule has 8 nitrogen and oxygen atoms in total. The summed E-state index contributed by atoms with van der Waals surface area (Å²) < 4.78 is 34.6. The first-order valence-electron chi connectivity index (χ1n) is 14.1. The van der Waals surface area contributed by atoms with Crippen LogP contribution >= 0.6 is 11.8 Å². The number of carbonyl (C=O) groups excluding carboxylic acids is 2. The summed E-state index contributed by atoms with van der Waals surface area (Å²) in [4.78, 5) is 29.5. The van der Waals surface area contributed by atoms with Gasteiger partial charge in [0, 0.05) is 18.0 Å². The van der Waals surface area contributed by atoms with Gasteiger partial charge in [0.15, 0.2) is 0 Å². The number of thioether (sulfide) groups is 1. The smallest absolute Gasteiger partial charge is 0.264 e. The third kappa shape index (κ3) is 9.00. The summed E-state index contributed by atoms with van der Waals surface area (Å²) in [7, 11) is -4.13. The van der Waals surface area contributed by atoms with Crippen LogP contribution in [0, 0.1) is 5.92 Å². The van der Waals surface area contributed by atoms with Crippen LogP contribution in [0.3, 0.4) is 0 Å². The molecule has 1 N–H and O–H groups in total. The molecule has 3 rings (SSSR count). The van der Waals surface area contributed by atoms with Gasteiger partial charge in [-0.3, -0.25) is 13.9 Å². The first-order chi connectivity index (χ1) is 20.1. The molecule has 0 aliphatic heterocycles. The van der Waals surface area contributed by atoms with Crippen molar-refractivity contribution in [3.8, 4) is 5.75 Å². The molecule has 0 aliphatic carbocycles. The maximum Gasteiger partial charge on any atom is 0.264 e. The Labute approximate surface area is 254 Å². The van der Waals surface area contributed by atoms with Crippen LogP contribution < -0.4 is 14.4 Å². The molecule has 2 amide bonds. The molecule has 3 aromatic carbocycles. The van der Waals surface area contributed by atoms with Crippen molar-refractivity contribution in [1.29, 1.82) is 0 Å². The van der Waals surface area contributed by atoms with Crippen molar-refractivity contribution in [2.24, 2.45) is 5.92 Å². The highest BCUT2D eigenvalue weighted by atomic mass is 32.2. The van der Waals surface area contributed by atoms with E-state index in [1.54, 1.807) is 55.5 Å². The monoisotopic (exact) mass is 611 g/mol. The summed E-state index contributed by atoms with van der Waals surface area (Å²) in [6, 6.07) is 22.0. The molecule has 0 aromatic heterocycles. The number of benzene rings is 3. The molecule has 0 spiro atoms. The Hall–Kier alpha value is -3.50. The van der Waals surface area contributed by atoms with Gasteiger partial charge in [-0.05, 0) is 86.5 Å². The van der Waals surface area contributed by atoms with E-state index in [4.69, 9.17) is 4.74 Å². The van der Waals surface area contributed by atoms with Gasteiger partial charge in [0.2, 0.25) is 11.8 Å². The minimum absolute atomic E-state index is 0.0699. The number of rotatable bonds is 15. The molecule has 0 unspecified atom stereocenters. The predicted molar refractivity (Wildman–Crippen MR) is 170 cm³/mol. The fourth-order valence-electron chi connectivity index (χ4n) is 4.30. The second-order valence-electron chi connectivity index (χ2n) is 10.3. The van der Waals surface area contributed by atoms with E-state index in [2.05, 4.69) is 5.32 Å². The lowest BCUT2D eigenvalue weighted by Gasteiger charge is -2.32. The van der Waals surface area contributed by atoms with Crippen LogP contribution in [0.1, 0.15) is 33.3 Å². The summed E-state index contributed by atoms with van der Waals surface area (Å²) in [6.07, 6.45) is 2.43. The highest BCUT2D eigenvalue weighted by Gasteiger charge is 2.32. The van der Waals surface area contributed by atoms with Crippen molar-refractivity contribution in [2.45, 2.75) is 49.9 Å². The van der Waals surface area contributed by atoms with E-state index in [1.165, 1.54) is 16.7 Å². The second-order valence-corrected chi connectivity index (χ2v) is 13.0. The Morgan fingerprint density at radius 3 is 2.14 bits per heavy atom. The highest BCUT2D eigenvalue weighted by molar-refractivity contribution is 7.98. The van der Waals surface area contributed by atoms with Crippen molar-refractivity contribution in [3.05, 3.63) is 84.4 Å². The first-order valence-corrected chi connectivity index (χ1v) is 16.7. The maximum atomic E-state index is 14.0. The average molecular weight is 612 g/mol. The second kappa shape index (κ2) is 15.7. The van der Waals surface area contributed by atoms with Crippen molar-refractivity contribution in [2.75, 3.05) is 36.8 Å². The van der Waals surface area contributed by atoms with Crippen LogP contribution in [0.2, 0.25) is 0 Å². The fraction of sp³-hybridized carbons (Fsp3) is 0.375. The quantitative estimate of drug-likeness (QED) is 0.236. The van der Waals surface area contributed by atoms with Gasteiger partial charge >= 0.3 is 0 Å². The number of amides is 2. The standard InChI is InChI=1S/C32H41N3O5S2/c1-6-40-28-14-12-27(13-15-28)35(42(38,39)30-18-16-29(41-5)17-19-30)23-31(36)34(21-20-26-10-8-7-9-11-26)25(4)32(37)33-22-24(2)3/h7-19,24-25H,6,20-23H2,1-5H3,(H,33,37)/t25-/m1/s1. The number of hydrogen-bond donors (Lipinski definition) is 1. The Kier molecular flexibility index (Phi) is 12.3. The lowest BCUT2D eigenvalue weighted by Crippen LogP contribution is -2.52. The number of carbonyl (C=O) groups is 2. The van der Waals surface area contributed by atoms with Crippen LogP contribution in [0.15, 0.2) is 88.7 Å². The van der Waals surface area contributed by atoms with E-state index in [0.717, 1.165) is 14.8 Å². The van der Waals surface area contributed by atoms with E-state index in [0.29, 0.717) is 31.0 Å². The summed E-state index contributed by atoms with van der Waals surface area (Å²) >= 11 is 1.51. The first kappa shape index (κ1) is 33.0. The van der Waals surface area contributed by atoms with Gasteiger partial charge in [-0.15, -0.1) is 11.8 Å². The normalized spacial score (nSPS) is 12.0. The molecule has 0 radical (unpaired) electrons. The highest BCUT2D eigenvalue weighted by Crippen LogP contribution is 2.27. The Balaban J connectivity index is 1.97. The SMILES string of the molecule is CCOc1ccc(N(CC(=O)N(CCc2ccccc2)[C@H](C)C(=O)NCC(C)C)S(=O)(=O)c2ccc(SC)cc2)cc1. The number of ether oxygens (including phenoxy) is 1. The minimum atomic E-state index is -4.13. The summed E-state index contributed by atoms with van der Waals surface area (Å²) in [5.74, 6) is 0.0751. The van der Waals surface area contributed by atoms with E-state index >= 15 is 0 Å². The third-order valence-electron chi connectivity index (χ3n) is 6.70. The molecule has 10 heteroatoms. The molecule has 0 heterocycles. The molecule has 1 atom stereocenters. The maximum absolute atomic E-state index is 14.0. The third-order valence-corrected chi connectivity index (χ3v) is 9.23. The van der Waals surface area contributed by atoms with Crippen LogP contribution in [0.25, 0.3) is 0 Å². The van der Waals surface area contributed by atoms with E-state index in [-0.39, 0.29) is 23.3 Å². The molecular formula is C32H41N3O5S2. The molecule has 42 heavy (non-hydrogen) atoms. The lowest BCUT2D eigenvalue weighted by molar-refractivity contribution is -0.138. The van der Waals surface area contributed by atoms with Gasteiger partial charge < -0.3 is 15.0 Å². The number of hydrogen-bond acceptors (Lipinski definition) is 6. The largest absolute Gasteiger partial charge is 0.494 e. The molecule has 0 bridgehead atoms. The topological polar surface area (TPSA) is 96.0 Å². The molecule has 0 saturated carbocycles. The number of anilines is 1. The predicted octanol–water partition coefficient (Wildman–Crippen LogP) is 5.23. The van der Waals surface area contributed by atoms with Gasteiger partial charge in [0.25, 0.3) is 10.0 Å². The lowest BCUT2D eigenvalue weighted by atomic mass is 10.1. The van der Waals surface area contributed by atoms with Crippen molar-refractivity contribution in [3.63, 3.8) is 0 Å². The van der Waals surface area contributed by atoms with Crippen LogP contribution in [-0.4, -0.2) is 63.7 Å². The fourth-order valence-corrected chi connectivity index (χ4v) is 6.12. The van der Waals surface area contributed by atoms with Gasteiger partial charge in [0.1, 0.15) is 18.3 Å². The average Bonchev–Trinajstić information content (AvgIpc) is 2.99. The van der Waals surface area contributed by atoms with Crippen molar-refractivity contribution in [1.82, 2.24) is 10.2 Å². The van der Waals surface area contributed by atoms with E-state index in [1.807, 2.05) is 57.4 Å². The zero-order valence-corrected chi connectivity index (χ0v) is 26.6. The zero-order chi connectivity index (χ0) is 30.7. The van der Waals surface area contributed by atoms with Crippen LogP contribution in [0.4, 0.5) is 5.69 Å². The number of sulfonamides is 1. The Morgan fingerprint density at radius 2 is 1.57 bits per heavy atom. The Bertz CT molecular complexity index is 1400. The minimum Gasteiger partial charge on any atom is -0.494 e. The molecule has 0 saturated heterocycles. The number of nitrogens with one attached hydrogen (secondary N) is 1. The van der Waals surface area contributed by atoms with Crippen molar-refractivity contribution < 1.29 is 22.7 Å². The van der Waals surface area contributed by atoms with Gasteiger partial charge in [-0.25, -0.2) is 8.42 Å². The Morgan fingerprint density at radius 1 is 0.929 bits per heavy atom. The number of nitrogens with zero attached hydrogens (tertiary/aromatic N) is 2. The van der Waals surface area contributed by atoms with E-state index < -0.39 is 28.5 Å². The summed E-state index contributed by atoms with van der Waals surface area (Å²) in [5, 5.41) is 2.90. The van der Waals surface area contributed by atoms with Crippen LogP contribution in [-0.2, 0) is 26.0 Å². The van der Waals surface area contributed by atoms with Crippen molar-refractivity contribution >= 4 is 39.3 Å². The van der Waals surface area contributed by atoms with Gasteiger partial charge in [-0.2, -0.15) is 0 Å². The van der Waals surface area contributed by atoms with Gasteiger partial charge in [-0.1, -0.05) is 44.2 Å². The molecule has 0 aliphatic rings. The summed E-state index contributed by atoms with van der Waals surface area (Å²) in [6.45, 7) is 8.25. The van der Waals surface area contributed by atoms with E-state index in [9.17, 15) is 18.0 Å². The van der Waals surface area contributed by atoms with Gasteiger partial charge in [0.05, 0.1) is 17.2 Å². The molecule has 226 valence electrons. The molecule has 0 fully saturated rings.